The second kappa shape index (κ2) is 12.3. The minimum absolute atomic E-state index is 0.0236. The first-order valence-corrected chi connectivity index (χ1v) is 15.1. The number of rotatable bonds is 10. The molecule has 1 saturated carbocycles. The predicted octanol–water partition coefficient (Wildman–Crippen LogP) is 3.26. The maximum absolute atomic E-state index is 14.3. The largest absolute Gasteiger partial charge is 0.461 e. The fraction of sp³-hybridized carbons (Fsp3) is 0.481. The smallest absolute Gasteiger partial charge is 0.459 e. The second-order valence-corrected chi connectivity index (χ2v) is 11.9. The number of hydrogen-bond acceptors (Lipinski definition) is 11. The van der Waals surface area contributed by atoms with Crippen LogP contribution in [0.4, 0.5) is 10.2 Å². The van der Waals surface area contributed by atoms with Crippen molar-refractivity contribution in [1.82, 2.24) is 24.6 Å². The van der Waals surface area contributed by atoms with Crippen LogP contribution >= 0.6 is 7.75 Å². The standard InChI is InChI=1S/C27H32FN6O7P/c1-3-27(15-35)20(14-21(39-27)34-16-30-22-23(29)31-26(28)32-24(22)34)41-42(37,40-19-12-8-5-9-13-19)33-17(2)25(36)38-18-10-6-4-7-11-18/h1,5,8-9,12-13,16-18,20-21,35H,4,6-7,10-11,14-15H2,2H3,(H,33,37)(H2,29,31,32)/t17-,20-,21+,27+,42?/m0/s1. The summed E-state index contributed by atoms with van der Waals surface area (Å²) in [5.74, 6) is 1.80. The van der Waals surface area contributed by atoms with E-state index in [4.69, 9.17) is 30.7 Å². The molecular formula is C27H32FN6O7P. The van der Waals surface area contributed by atoms with Gasteiger partial charge in [-0.1, -0.05) is 30.5 Å². The van der Waals surface area contributed by atoms with Gasteiger partial charge in [-0.25, -0.2) is 9.55 Å². The summed E-state index contributed by atoms with van der Waals surface area (Å²) in [4.78, 5) is 24.3. The first-order chi connectivity index (χ1) is 20.1. The molecule has 15 heteroatoms. The monoisotopic (exact) mass is 602 g/mol. The van der Waals surface area contributed by atoms with Crippen LogP contribution in [0.15, 0.2) is 36.7 Å². The van der Waals surface area contributed by atoms with Crippen LogP contribution in [-0.2, 0) is 23.4 Å². The van der Waals surface area contributed by atoms with Gasteiger partial charge in [-0.05, 0) is 44.7 Å². The molecule has 5 atom stereocenters. The van der Waals surface area contributed by atoms with Crippen molar-refractivity contribution >= 4 is 30.7 Å². The Bertz CT molecular complexity index is 1510. The number of carbonyl (C=O) groups is 1. The first kappa shape index (κ1) is 29.9. The minimum atomic E-state index is -4.40. The molecule has 1 aliphatic heterocycles. The zero-order valence-corrected chi connectivity index (χ0v) is 23.8. The van der Waals surface area contributed by atoms with E-state index >= 15 is 0 Å². The lowest BCUT2D eigenvalue weighted by molar-refractivity contribution is -0.152. The average molecular weight is 603 g/mol. The minimum Gasteiger partial charge on any atom is -0.461 e. The number of aliphatic hydroxyl groups is 1. The van der Waals surface area contributed by atoms with Gasteiger partial charge >= 0.3 is 19.8 Å². The third kappa shape index (κ3) is 6.25. The second-order valence-electron chi connectivity index (χ2n) is 10.2. The summed E-state index contributed by atoms with van der Waals surface area (Å²) >= 11 is 0. The summed E-state index contributed by atoms with van der Waals surface area (Å²) in [7, 11) is -4.40. The maximum Gasteiger partial charge on any atom is 0.459 e. The molecule has 2 aliphatic rings. The maximum atomic E-state index is 14.3. The molecule has 2 fully saturated rings. The highest BCUT2D eigenvalue weighted by Gasteiger charge is 2.53. The van der Waals surface area contributed by atoms with Crippen LogP contribution in [-0.4, -0.2) is 61.1 Å². The number of imidazole rings is 1. The number of halogens is 1. The quantitative estimate of drug-likeness (QED) is 0.134. The number of nitrogens with one attached hydrogen (secondary N) is 1. The van der Waals surface area contributed by atoms with Crippen molar-refractivity contribution < 1.29 is 37.4 Å². The van der Waals surface area contributed by atoms with Gasteiger partial charge in [0.05, 0.1) is 12.9 Å². The van der Waals surface area contributed by atoms with E-state index in [0.717, 1.165) is 32.1 Å². The van der Waals surface area contributed by atoms with Gasteiger partial charge in [0.1, 0.15) is 30.2 Å². The number of anilines is 1. The fourth-order valence-corrected chi connectivity index (χ4v) is 6.80. The van der Waals surface area contributed by atoms with E-state index in [9.17, 15) is 18.9 Å². The van der Waals surface area contributed by atoms with Crippen LogP contribution in [0.3, 0.4) is 0 Å². The Balaban J connectivity index is 1.41. The highest BCUT2D eigenvalue weighted by molar-refractivity contribution is 7.52. The number of aliphatic hydroxyl groups excluding tert-OH is 1. The van der Waals surface area contributed by atoms with Crippen molar-refractivity contribution in [3.05, 3.63) is 42.7 Å². The van der Waals surface area contributed by atoms with Gasteiger partial charge in [0.2, 0.25) is 0 Å². The molecule has 4 N–H and O–H groups in total. The molecule has 0 bridgehead atoms. The van der Waals surface area contributed by atoms with Crippen molar-refractivity contribution in [2.75, 3.05) is 12.3 Å². The third-order valence-corrected chi connectivity index (χ3v) is 8.95. The lowest BCUT2D eigenvalue weighted by atomic mass is 9.98. The Kier molecular flexibility index (Phi) is 8.77. The van der Waals surface area contributed by atoms with E-state index in [2.05, 4.69) is 26.0 Å². The summed E-state index contributed by atoms with van der Waals surface area (Å²) < 4.78 is 53.1. The number of ether oxygens (including phenoxy) is 2. The summed E-state index contributed by atoms with van der Waals surface area (Å²) in [6.07, 6.45) is 8.05. The van der Waals surface area contributed by atoms with Gasteiger partial charge in [0.25, 0.3) is 0 Å². The molecule has 3 heterocycles. The molecule has 0 amide bonds. The van der Waals surface area contributed by atoms with Crippen LogP contribution in [0, 0.1) is 18.4 Å². The number of nitrogens with zero attached hydrogens (tertiary/aromatic N) is 4. The van der Waals surface area contributed by atoms with Crippen molar-refractivity contribution in [1.29, 1.82) is 0 Å². The molecule has 2 aromatic heterocycles. The van der Waals surface area contributed by atoms with Gasteiger partial charge in [-0.15, -0.1) is 6.42 Å². The SMILES string of the molecule is C#C[C@]1(CO)O[C@@H](n2cnc3c(N)nc(F)nc32)C[C@@H]1OP(=O)(N[C@@H](C)C(=O)OC1CCCCC1)Oc1ccccc1. The van der Waals surface area contributed by atoms with E-state index in [1.165, 1.54) is 17.8 Å². The fourth-order valence-electron chi connectivity index (χ4n) is 5.08. The Hall–Kier alpha value is -3.60. The number of aromatic nitrogens is 4. The molecule has 0 radical (unpaired) electrons. The molecule has 224 valence electrons. The first-order valence-electron chi connectivity index (χ1n) is 13.6. The number of benzene rings is 1. The number of hydrogen-bond donors (Lipinski definition) is 3. The van der Waals surface area contributed by atoms with Crippen molar-refractivity contribution in [3.63, 3.8) is 0 Å². The number of nitrogen functional groups attached to an aromatic ring is 1. The number of nitrogens with two attached hydrogens (primary N) is 1. The van der Waals surface area contributed by atoms with Gasteiger partial charge in [-0.2, -0.15) is 19.4 Å². The summed E-state index contributed by atoms with van der Waals surface area (Å²) in [6, 6.07) is 7.13. The van der Waals surface area contributed by atoms with E-state index in [0.29, 0.717) is 0 Å². The van der Waals surface area contributed by atoms with Crippen LogP contribution in [0.5, 0.6) is 5.75 Å². The highest BCUT2D eigenvalue weighted by atomic mass is 31.2. The number of fused-ring (bicyclic) bond motifs is 1. The Morgan fingerprint density at radius 3 is 2.76 bits per heavy atom. The van der Waals surface area contributed by atoms with Crippen LogP contribution in [0.25, 0.3) is 11.2 Å². The third-order valence-electron chi connectivity index (χ3n) is 7.27. The van der Waals surface area contributed by atoms with Crippen LogP contribution < -0.4 is 15.3 Å². The molecule has 13 nitrogen and oxygen atoms in total. The number of terminal acetylenes is 1. The lowest BCUT2D eigenvalue weighted by Crippen LogP contribution is -2.45. The lowest BCUT2D eigenvalue weighted by Gasteiger charge is -2.31. The zero-order chi connectivity index (χ0) is 29.9. The number of esters is 1. The summed E-state index contributed by atoms with van der Waals surface area (Å²) in [5.41, 5.74) is 4.13. The molecule has 1 unspecified atom stereocenters. The Morgan fingerprint density at radius 2 is 2.07 bits per heavy atom. The molecule has 1 saturated heterocycles. The molecular weight excluding hydrogens is 570 g/mol. The van der Waals surface area contributed by atoms with Gasteiger partial charge in [0, 0.05) is 6.42 Å². The van der Waals surface area contributed by atoms with E-state index in [1.54, 1.807) is 30.3 Å². The zero-order valence-electron chi connectivity index (χ0n) is 22.9. The van der Waals surface area contributed by atoms with Crippen LogP contribution in [0.2, 0.25) is 0 Å². The number of carbonyl (C=O) groups excluding carboxylic acids is 1. The predicted molar refractivity (Wildman–Crippen MR) is 148 cm³/mol. The van der Waals surface area contributed by atoms with E-state index in [-0.39, 0.29) is 35.3 Å². The highest BCUT2D eigenvalue weighted by Crippen LogP contribution is 2.52. The normalized spacial score (nSPS) is 25.0. The topological polar surface area (TPSA) is 173 Å². The number of para-hydroxylation sites is 1. The summed E-state index contributed by atoms with van der Waals surface area (Å²) in [6.45, 7) is 0.758. The van der Waals surface area contributed by atoms with Gasteiger partial charge < -0.3 is 24.8 Å². The van der Waals surface area contributed by atoms with Crippen molar-refractivity contribution in [2.24, 2.45) is 0 Å². The molecule has 42 heavy (non-hydrogen) atoms. The van der Waals surface area contributed by atoms with E-state index < -0.39 is 50.4 Å². The molecule has 5 rings (SSSR count). The molecule has 1 aromatic carbocycles. The van der Waals surface area contributed by atoms with E-state index in [1.807, 2.05) is 0 Å². The van der Waals surface area contributed by atoms with Crippen molar-refractivity contribution in [2.45, 2.75) is 75.5 Å². The average Bonchev–Trinajstić information content (AvgIpc) is 3.55. The molecule has 3 aromatic rings. The molecule has 1 aliphatic carbocycles. The Morgan fingerprint density at radius 1 is 1.33 bits per heavy atom. The van der Waals surface area contributed by atoms with Gasteiger partial charge in [-0.3, -0.25) is 13.9 Å². The van der Waals surface area contributed by atoms with Crippen LogP contribution in [0.1, 0.15) is 51.7 Å². The summed E-state index contributed by atoms with van der Waals surface area (Å²) in [5, 5.41) is 13.0. The Labute approximate surface area is 241 Å². The molecule has 0 spiro atoms. The van der Waals surface area contributed by atoms with Gasteiger partial charge in [0.15, 0.2) is 22.6 Å². The van der Waals surface area contributed by atoms with Crippen molar-refractivity contribution in [3.8, 4) is 18.1 Å².